The largest absolute Gasteiger partial charge is 0.480 e. The molecule has 0 aromatic carbocycles. The smallest absolute Gasteiger partial charge is 0.329 e. The average molecular weight is 273 g/mol. The van der Waals surface area contributed by atoms with E-state index in [0.717, 1.165) is 6.54 Å². The van der Waals surface area contributed by atoms with Crippen LogP contribution in [0.4, 0.5) is 4.79 Å². The molecule has 0 aliphatic carbocycles. The number of urea groups is 1. The summed E-state index contributed by atoms with van der Waals surface area (Å²) in [5, 5.41) is 11.9. The molecule has 0 saturated heterocycles. The van der Waals surface area contributed by atoms with Gasteiger partial charge in [0.1, 0.15) is 5.54 Å². The summed E-state index contributed by atoms with van der Waals surface area (Å²) in [6.45, 7) is 10.6. The van der Waals surface area contributed by atoms with E-state index in [1.54, 1.807) is 6.92 Å². The summed E-state index contributed by atoms with van der Waals surface area (Å²) in [4.78, 5) is 26.6. The molecule has 0 aliphatic heterocycles. The van der Waals surface area contributed by atoms with E-state index in [9.17, 15) is 9.59 Å². The predicted molar refractivity (Wildman–Crippen MR) is 75.3 cm³/mol. The first-order valence-corrected chi connectivity index (χ1v) is 6.63. The Morgan fingerprint density at radius 2 is 1.84 bits per heavy atom. The summed E-state index contributed by atoms with van der Waals surface area (Å²) in [5.74, 6) is -1.01. The molecule has 0 radical (unpaired) electrons. The van der Waals surface area contributed by atoms with Crippen LogP contribution in [0, 0.1) is 0 Å². The number of hydrogen-bond donors (Lipinski definition) is 2. The van der Waals surface area contributed by atoms with E-state index >= 15 is 0 Å². The minimum atomic E-state index is -1.21. The first kappa shape index (κ1) is 17.7. The Morgan fingerprint density at radius 1 is 1.32 bits per heavy atom. The minimum absolute atomic E-state index is 0.341. The van der Waals surface area contributed by atoms with Crippen molar-refractivity contribution in [2.75, 3.05) is 26.7 Å². The molecule has 0 atom stereocenters. The first-order chi connectivity index (χ1) is 8.64. The molecule has 2 amide bonds. The molecule has 0 rings (SSSR count). The standard InChI is InChI=1S/C13H27N3O3/c1-7-16(13(4,5)11(17)18)12(19)14-8-9-15(6)10(2)3/h10H,7-9H2,1-6H3,(H,14,19)(H,17,18). The molecule has 112 valence electrons. The zero-order valence-corrected chi connectivity index (χ0v) is 12.9. The summed E-state index contributed by atoms with van der Waals surface area (Å²) >= 11 is 0. The van der Waals surface area contributed by atoms with Gasteiger partial charge in [0.05, 0.1) is 0 Å². The summed E-state index contributed by atoms with van der Waals surface area (Å²) in [5.41, 5.74) is -1.21. The molecule has 0 saturated carbocycles. The second kappa shape index (κ2) is 7.33. The molecule has 0 unspecified atom stereocenters. The van der Waals surface area contributed by atoms with Crippen LogP contribution in [0.25, 0.3) is 0 Å². The molecule has 0 fully saturated rings. The lowest BCUT2D eigenvalue weighted by Crippen LogP contribution is -2.56. The third-order valence-corrected chi connectivity index (χ3v) is 3.38. The SMILES string of the molecule is CCN(C(=O)NCCN(C)C(C)C)C(C)(C)C(=O)O. The number of carbonyl (C=O) groups excluding carboxylic acids is 1. The van der Waals surface area contributed by atoms with E-state index < -0.39 is 11.5 Å². The van der Waals surface area contributed by atoms with Gasteiger partial charge in [-0.15, -0.1) is 0 Å². The zero-order chi connectivity index (χ0) is 15.2. The lowest BCUT2D eigenvalue weighted by molar-refractivity contribution is -0.147. The van der Waals surface area contributed by atoms with Crippen molar-refractivity contribution in [3.05, 3.63) is 0 Å². The molecule has 0 bridgehead atoms. The molecule has 0 spiro atoms. The summed E-state index contributed by atoms with van der Waals surface area (Å²) < 4.78 is 0. The zero-order valence-electron chi connectivity index (χ0n) is 12.9. The fourth-order valence-electron chi connectivity index (χ4n) is 1.60. The van der Waals surface area contributed by atoms with E-state index in [2.05, 4.69) is 24.1 Å². The molecule has 2 N–H and O–H groups in total. The highest BCUT2D eigenvalue weighted by molar-refractivity contribution is 5.85. The summed E-state index contributed by atoms with van der Waals surface area (Å²) in [6.07, 6.45) is 0. The maximum atomic E-state index is 12.0. The van der Waals surface area contributed by atoms with Crippen LogP contribution in [0.5, 0.6) is 0 Å². The fourth-order valence-corrected chi connectivity index (χ4v) is 1.60. The van der Waals surface area contributed by atoms with Gasteiger partial charge < -0.3 is 20.2 Å². The van der Waals surface area contributed by atoms with Crippen LogP contribution < -0.4 is 5.32 Å². The molecule has 19 heavy (non-hydrogen) atoms. The molecule has 0 aliphatic rings. The lowest BCUT2D eigenvalue weighted by atomic mass is 10.0. The summed E-state index contributed by atoms with van der Waals surface area (Å²) in [7, 11) is 1.98. The number of nitrogens with one attached hydrogen (secondary N) is 1. The monoisotopic (exact) mass is 273 g/mol. The van der Waals surface area contributed by atoms with Gasteiger partial charge in [0.2, 0.25) is 0 Å². The Bertz CT molecular complexity index is 316. The number of carboxylic acid groups (broad SMARTS) is 1. The molecular weight excluding hydrogens is 246 g/mol. The number of rotatable bonds is 7. The van der Waals surface area contributed by atoms with Crippen molar-refractivity contribution in [3.8, 4) is 0 Å². The molecular formula is C13H27N3O3. The van der Waals surface area contributed by atoms with E-state index in [1.807, 2.05) is 7.05 Å². The topological polar surface area (TPSA) is 72.9 Å². The van der Waals surface area contributed by atoms with Crippen LogP contribution in [0.2, 0.25) is 0 Å². The second-order valence-corrected chi connectivity index (χ2v) is 5.41. The number of hydrogen-bond acceptors (Lipinski definition) is 3. The maximum Gasteiger partial charge on any atom is 0.329 e. The molecule has 6 heteroatoms. The Balaban J connectivity index is 4.43. The van der Waals surface area contributed by atoms with Crippen LogP contribution in [-0.2, 0) is 4.79 Å². The average Bonchev–Trinajstić information content (AvgIpc) is 2.28. The number of carboxylic acids is 1. The molecule has 6 nitrogen and oxygen atoms in total. The predicted octanol–water partition coefficient (Wildman–Crippen LogP) is 1.22. The molecule has 0 aromatic rings. The second-order valence-electron chi connectivity index (χ2n) is 5.41. The van der Waals surface area contributed by atoms with E-state index in [0.29, 0.717) is 19.1 Å². The molecule has 0 heterocycles. The minimum Gasteiger partial charge on any atom is -0.480 e. The van der Waals surface area contributed by atoms with Crippen molar-refractivity contribution in [1.29, 1.82) is 0 Å². The van der Waals surface area contributed by atoms with Gasteiger partial charge in [-0.3, -0.25) is 0 Å². The normalized spacial score (nSPS) is 11.8. The highest BCUT2D eigenvalue weighted by Crippen LogP contribution is 2.14. The molecule has 0 aromatic heterocycles. The quantitative estimate of drug-likeness (QED) is 0.731. The first-order valence-electron chi connectivity index (χ1n) is 6.63. The van der Waals surface area contributed by atoms with Crippen molar-refractivity contribution >= 4 is 12.0 Å². The van der Waals surface area contributed by atoms with Crippen molar-refractivity contribution < 1.29 is 14.7 Å². The van der Waals surface area contributed by atoms with E-state index in [1.165, 1.54) is 18.7 Å². The van der Waals surface area contributed by atoms with Crippen LogP contribution in [0.15, 0.2) is 0 Å². The lowest BCUT2D eigenvalue weighted by Gasteiger charge is -2.34. The third-order valence-electron chi connectivity index (χ3n) is 3.38. The van der Waals surface area contributed by atoms with Gasteiger partial charge in [0.25, 0.3) is 0 Å². The number of aliphatic carboxylic acids is 1. The van der Waals surface area contributed by atoms with Crippen molar-refractivity contribution in [3.63, 3.8) is 0 Å². The third kappa shape index (κ3) is 5.06. The van der Waals surface area contributed by atoms with Gasteiger partial charge >= 0.3 is 12.0 Å². The van der Waals surface area contributed by atoms with Gasteiger partial charge in [0, 0.05) is 25.7 Å². The number of carbonyl (C=O) groups is 2. The van der Waals surface area contributed by atoms with Gasteiger partial charge in [0.15, 0.2) is 0 Å². The number of likely N-dealkylation sites (N-methyl/N-ethyl adjacent to an activating group) is 2. The number of nitrogens with zero attached hydrogens (tertiary/aromatic N) is 2. The highest BCUT2D eigenvalue weighted by Gasteiger charge is 2.36. The summed E-state index contributed by atoms with van der Waals surface area (Å²) in [6, 6.07) is 0.0710. The Morgan fingerprint density at radius 3 is 2.21 bits per heavy atom. The maximum absolute atomic E-state index is 12.0. The number of amides is 2. The Labute approximate surface area is 115 Å². The van der Waals surface area contributed by atoms with E-state index in [-0.39, 0.29) is 6.03 Å². The van der Waals surface area contributed by atoms with Crippen LogP contribution in [-0.4, -0.2) is 65.2 Å². The van der Waals surface area contributed by atoms with Crippen LogP contribution in [0.1, 0.15) is 34.6 Å². The van der Waals surface area contributed by atoms with Crippen molar-refractivity contribution in [2.45, 2.75) is 46.2 Å². The van der Waals surface area contributed by atoms with Crippen molar-refractivity contribution in [1.82, 2.24) is 15.1 Å². The van der Waals surface area contributed by atoms with Crippen LogP contribution >= 0.6 is 0 Å². The van der Waals surface area contributed by atoms with Gasteiger partial charge in [-0.05, 0) is 41.7 Å². The van der Waals surface area contributed by atoms with Crippen molar-refractivity contribution in [2.24, 2.45) is 0 Å². The van der Waals surface area contributed by atoms with Gasteiger partial charge in [-0.25, -0.2) is 9.59 Å². The Kier molecular flexibility index (Phi) is 6.83. The van der Waals surface area contributed by atoms with Crippen LogP contribution in [0.3, 0.4) is 0 Å². The van der Waals surface area contributed by atoms with E-state index in [4.69, 9.17) is 5.11 Å². The Hall–Kier alpha value is -1.30. The van der Waals surface area contributed by atoms with Gasteiger partial charge in [-0.1, -0.05) is 0 Å². The highest BCUT2D eigenvalue weighted by atomic mass is 16.4. The fraction of sp³-hybridized carbons (Fsp3) is 0.846. The van der Waals surface area contributed by atoms with Gasteiger partial charge in [-0.2, -0.15) is 0 Å².